The van der Waals surface area contributed by atoms with Gasteiger partial charge in [-0.2, -0.15) is 5.10 Å². The molecule has 0 spiro atoms. The number of rotatable bonds is 6. The SMILES string of the molecule is CC(C)CNC(=O)C1CCCN(Cc2ccc(-n3cccn3)cc2)C1. The fourth-order valence-electron chi connectivity index (χ4n) is 3.30. The van der Waals surface area contributed by atoms with Crippen LogP contribution in [0.1, 0.15) is 32.3 Å². The van der Waals surface area contributed by atoms with Crippen molar-refractivity contribution >= 4 is 5.91 Å². The van der Waals surface area contributed by atoms with E-state index in [-0.39, 0.29) is 11.8 Å². The Kier molecular flexibility index (Phi) is 5.87. The van der Waals surface area contributed by atoms with E-state index in [1.807, 2.05) is 16.9 Å². The van der Waals surface area contributed by atoms with E-state index in [9.17, 15) is 4.79 Å². The van der Waals surface area contributed by atoms with Crippen LogP contribution in [0.4, 0.5) is 0 Å². The van der Waals surface area contributed by atoms with Crippen molar-refractivity contribution in [3.8, 4) is 5.69 Å². The maximum absolute atomic E-state index is 12.3. The van der Waals surface area contributed by atoms with Crippen molar-refractivity contribution in [3.63, 3.8) is 0 Å². The molecule has 5 heteroatoms. The fraction of sp³-hybridized carbons (Fsp3) is 0.500. The number of piperidine rings is 1. The monoisotopic (exact) mass is 340 g/mol. The van der Waals surface area contributed by atoms with Gasteiger partial charge >= 0.3 is 0 Å². The van der Waals surface area contributed by atoms with Gasteiger partial charge in [-0.1, -0.05) is 26.0 Å². The van der Waals surface area contributed by atoms with Crippen LogP contribution in [0, 0.1) is 11.8 Å². The number of nitrogens with zero attached hydrogens (tertiary/aromatic N) is 3. The number of aromatic nitrogens is 2. The second-order valence-electron chi connectivity index (χ2n) is 7.33. The minimum absolute atomic E-state index is 0.121. The Morgan fingerprint density at radius 2 is 2.12 bits per heavy atom. The molecule has 1 saturated heterocycles. The summed E-state index contributed by atoms with van der Waals surface area (Å²) in [6, 6.07) is 10.4. The first-order valence-electron chi connectivity index (χ1n) is 9.21. The maximum Gasteiger partial charge on any atom is 0.224 e. The van der Waals surface area contributed by atoms with Gasteiger partial charge in [-0.3, -0.25) is 9.69 Å². The molecular formula is C20H28N4O. The lowest BCUT2D eigenvalue weighted by molar-refractivity contribution is -0.126. The lowest BCUT2D eigenvalue weighted by Crippen LogP contribution is -2.43. The van der Waals surface area contributed by atoms with Crippen LogP contribution in [0.2, 0.25) is 0 Å². The first-order valence-corrected chi connectivity index (χ1v) is 9.21. The lowest BCUT2D eigenvalue weighted by Gasteiger charge is -2.32. The predicted octanol–water partition coefficient (Wildman–Crippen LogP) is 2.86. The molecule has 1 aromatic heterocycles. The standard InChI is InChI=1S/C20H28N4O/c1-16(2)13-21-20(25)18-5-3-11-23(15-18)14-17-6-8-19(9-7-17)24-12-4-10-22-24/h4,6-10,12,16,18H,3,5,11,13-15H2,1-2H3,(H,21,25). The normalized spacial score (nSPS) is 18.4. The van der Waals surface area contributed by atoms with Crippen LogP contribution in [0.3, 0.4) is 0 Å². The van der Waals surface area contributed by atoms with Crippen LogP contribution in [0.15, 0.2) is 42.7 Å². The van der Waals surface area contributed by atoms with Gasteiger partial charge in [0.05, 0.1) is 11.6 Å². The van der Waals surface area contributed by atoms with Crippen LogP contribution in [-0.4, -0.2) is 40.2 Å². The molecule has 2 heterocycles. The molecule has 1 unspecified atom stereocenters. The van der Waals surface area contributed by atoms with Crippen molar-refractivity contribution in [2.45, 2.75) is 33.2 Å². The molecule has 3 rings (SSSR count). The zero-order valence-electron chi connectivity index (χ0n) is 15.2. The molecule has 1 fully saturated rings. The average molecular weight is 340 g/mol. The Balaban J connectivity index is 1.54. The van der Waals surface area contributed by atoms with Crippen LogP contribution in [-0.2, 0) is 11.3 Å². The van der Waals surface area contributed by atoms with Crippen molar-refractivity contribution in [2.24, 2.45) is 11.8 Å². The number of nitrogens with one attached hydrogen (secondary N) is 1. The van der Waals surface area contributed by atoms with Crippen molar-refractivity contribution in [2.75, 3.05) is 19.6 Å². The number of benzene rings is 1. The van der Waals surface area contributed by atoms with Crippen molar-refractivity contribution in [1.29, 1.82) is 0 Å². The summed E-state index contributed by atoms with van der Waals surface area (Å²) in [5, 5.41) is 7.34. The van der Waals surface area contributed by atoms with E-state index in [0.717, 1.165) is 44.7 Å². The van der Waals surface area contributed by atoms with E-state index in [1.165, 1.54) is 5.56 Å². The van der Waals surface area contributed by atoms with Gasteiger partial charge in [-0.15, -0.1) is 0 Å². The Morgan fingerprint density at radius 1 is 1.32 bits per heavy atom. The summed E-state index contributed by atoms with van der Waals surface area (Å²) in [6.07, 6.45) is 5.82. The molecule has 0 saturated carbocycles. The zero-order chi connectivity index (χ0) is 17.6. The molecule has 2 aromatic rings. The van der Waals surface area contributed by atoms with E-state index >= 15 is 0 Å². The van der Waals surface area contributed by atoms with E-state index in [0.29, 0.717) is 5.92 Å². The molecule has 0 bridgehead atoms. The van der Waals surface area contributed by atoms with Gasteiger partial charge in [0.25, 0.3) is 0 Å². The van der Waals surface area contributed by atoms with Gasteiger partial charge in [-0.25, -0.2) is 4.68 Å². The molecule has 0 aliphatic carbocycles. The Labute approximate surface area is 150 Å². The van der Waals surface area contributed by atoms with Crippen LogP contribution in [0.5, 0.6) is 0 Å². The number of carbonyl (C=O) groups is 1. The average Bonchev–Trinajstić information content (AvgIpc) is 3.15. The molecule has 1 aromatic carbocycles. The van der Waals surface area contributed by atoms with Crippen molar-refractivity contribution in [1.82, 2.24) is 20.0 Å². The summed E-state index contributed by atoms with van der Waals surface area (Å²) < 4.78 is 1.86. The molecule has 5 nitrogen and oxygen atoms in total. The van der Waals surface area contributed by atoms with Crippen LogP contribution < -0.4 is 5.32 Å². The smallest absolute Gasteiger partial charge is 0.224 e. The molecule has 1 aliphatic heterocycles. The summed E-state index contributed by atoms with van der Waals surface area (Å²) in [4.78, 5) is 14.7. The maximum atomic E-state index is 12.3. The summed E-state index contributed by atoms with van der Waals surface area (Å²) in [7, 11) is 0. The topological polar surface area (TPSA) is 50.2 Å². The predicted molar refractivity (Wildman–Crippen MR) is 99.4 cm³/mol. The zero-order valence-corrected chi connectivity index (χ0v) is 15.2. The second-order valence-corrected chi connectivity index (χ2v) is 7.33. The summed E-state index contributed by atoms with van der Waals surface area (Å²) in [5.74, 6) is 0.834. The second kappa shape index (κ2) is 8.30. The summed E-state index contributed by atoms with van der Waals surface area (Å²) in [6.45, 7) is 7.83. The first kappa shape index (κ1) is 17.7. The number of carbonyl (C=O) groups excluding carboxylic acids is 1. The van der Waals surface area contributed by atoms with Gasteiger partial charge < -0.3 is 5.32 Å². The number of amides is 1. The highest BCUT2D eigenvalue weighted by Gasteiger charge is 2.25. The highest BCUT2D eigenvalue weighted by Crippen LogP contribution is 2.19. The minimum atomic E-state index is 0.121. The first-order chi connectivity index (χ1) is 12.1. The summed E-state index contributed by atoms with van der Waals surface area (Å²) in [5.41, 5.74) is 2.34. The Morgan fingerprint density at radius 3 is 2.80 bits per heavy atom. The molecule has 1 atom stereocenters. The third kappa shape index (κ3) is 4.92. The molecular weight excluding hydrogens is 312 g/mol. The molecule has 25 heavy (non-hydrogen) atoms. The van der Waals surface area contributed by atoms with E-state index in [2.05, 4.69) is 53.4 Å². The third-order valence-electron chi connectivity index (χ3n) is 4.67. The third-order valence-corrected chi connectivity index (χ3v) is 4.67. The van der Waals surface area contributed by atoms with Gasteiger partial charge in [-0.05, 0) is 49.1 Å². The molecule has 134 valence electrons. The molecule has 1 amide bonds. The van der Waals surface area contributed by atoms with Gasteiger partial charge in [0.15, 0.2) is 0 Å². The lowest BCUT2D eigenvalue weighted by atomic mass is 9.96. The van der Waals surface area contributed by atoms with Gasteiger partial charge in [0, 0.05) is 32.0 Å². The molecule has 1 aliphatic rings. The number of likely N-dealkylation sites (tertiary alicyclic amines) is 1. The van der Waals surface area contributed by atoms with E-state index < -0.39 is 0 Å². The fourth-order valence-corrected chi connectivity index (χ4v) is 3.30. The van der Waals surface area contributed by atoms with E-state index in [4.69, 9.17) is 0 Å². The number of hydrogen-bond donors (Lipinski definition) is 1. The van der Waals surface area contributed by atoms with Crippen LogP contribution in [0.25, 0.3) is 5.69 Å². The highest BCUT2D eigenvalue weighted by atomic mass is 16.1. The van der Waals surface area contributed by atoms with Crippen molar-refractivity contribution in [3.05, 3.63) is 48.3 Å². The van der Waals surface area contributed by atoms with Gasteiger partial charge in [0.1, 0.15) is 0 Å². The Bertz CT molecular complexity index is 664. The van der Waals surface area contributed by atoms with Crippen molar-refractivity contribution < 1.29 is 4.79 Å². The highest BCUT2D eigenvalue weighted by molar-refractivity contribution is 5.78. The largest absolute Gasteiger partial charge is 0.356 e. The summed E-state index contributed by atoms with van der Waals surface area (Å²) >= 11 is 0. The molecule has 0 radical (unpaired) electrons. The quantitative estimate of drug-likeness (QED) is 0.880. The van der Waals surface area contributed by atoms with Gasteiger partial charge in [0.2, 0.25) is 5.91 Å². The molecule has 1 N–H and O–H groups in total. The Hall–Kier alpha value is -2.14. The van der Waals surface area contributed by atoms with Crippen LogP contribution >= 0.6 is 0 Å². The minimum Gasteiger partial charge on any atom is -0.356 e. The van der Waals surface area contributed by atoms with E-state index in [1.54, 1.807) is 6.20 Å². The number of hydrogen-bond acceptors (Lipinski definition) is 3.